The van der Waals surface area contributed by atoms with Gasteiger partial charge in [0.25, 0.3) is 11.1 Å². The van der Waals surface area contributed by atoms with Crippen LogP contribution < -0.4 is 9.47 Å². The molecule has 0 N–H and O–H groups in total. The minimum Gasteiger partial charge on any atom is -0.490 e. The molecule has 30 heavy (non-hydrogen) atoms. The molecule has 2 aromatic carbocycles. The van der Waals surface area contributed by atoms with Crippen molar-refractivity contribution in [1.29, 1.82) is 0 Å². The molecule has 0 radical (unpaired) electrons. The van der Waals surface area contributed by atoms with Crippen molar-refractivity contribution in [2.24, 2.45) is 0 Å². The van der Waals surface area contributed by atoms with Crippen LogP contribution in [-0.2, 0) is 11.4 Å². The minimum atomic E-state index is -0.325. The molecule has 0 spiro atoms. The van der Waals surface area contributed by atoms with Crippen molar-refractivity contribution in [3.8, 4) is 11.5 Å². The lowest BCUT2D eigenvalue weighted by atomic mass is 10.1. The number of carbonyl (C=O) groups excluding carboxylic acids is 2. The van der Waals surface area contributed by atoms with Crippen molar-refractivity contribution < 1.29 is 19.1 Å². The van der Waals surface area contributed by atoms with Crippen LogP contribution in [0, 0.1) is 6.92 Å². The van der Waals surface area contributed by atoms with E-state index in [4.69, 9.17) is 9.47 Å². The molecular weight excluding hydrogens is 466 g/mol. The third-order valence-corrected chi connectivity index (χ3v) is 5.94. The molecule has 0 unspecified atom stereocenters. The van der Waals surface area contributed by atoms with E-state index in [9.17, 15) is 9.59 Å². The highest BCUT2D eigenvalue weighted by molar-refractivity contribution is 9.10. The zero-order valence-corrected chi connectivity index (χ0v) is 19.2. The van der Waals surface area contributed by atoms with Gasteiger partial charge in [-0.3, -0.25) is 14.5 Å². The van der Waals surface area contributed by atoms with Crippen LogP contribution in [0.5, 0.6) is 11.5 Å². The Kier molecular flexibility index (Phi) is 7.39. The standard InChI is InChI=1S/C23H22BrNO4S/c1-4-10-25-22(26)21(30-23(25)27)12-17-11-19(28-5-2)20(13-18(17)24)29-14-16-8-6-15(3)7-9-16/h4,6-9,11-13H,1,5,10,14H2,2-3H3/b21-12+. The molecular formula is C23H22BrNO4S. The van der Waals surface area contributed by atoms with Crippen molar-refractivity contribution in [1.82, 2.24) is 4.90 Å². The maximum atomic E-state index is 12.5. The monoisotopic (exact) mass is 487 g/mol. The Morgan fingerprint density at radius 3 is 2.50 bits per heavy atom. The largest absolute Gasteiger partial charge is 0.490 e. The van der Waals surface area contributed by atoms with Gasteiger partial charge < -0.3 is 9.47 Å². The van der Waals surface area contributed by atoms with Crippen LogP contribution in [0.3, 0.4) is 0 Å². The van der Waals surface area contributed by atoms with Crippen molar-refractivity contribution in [3.63, 3.8) is 0 Å². The fraction of sp³-hybridized carbons (Fsp3) is 0.217. The normalized spacial score (nSPS) is 15.0. The van der Waals surface area contributed by atoms with Gasteiger partial charge in [-0.25, -0.2) is 0 Å². The van der Waals surface area contributed by atoms with Crippen LogP contribution >= 0.6 is 27.7 Å². The number of rotatable bonds is 8. The Hall–Kier alpha value is -2.51. The molecule has 0 aliphatic carbocycles. The Morgan fingerprint density at radius 2 is 1.83 bits per heavy atom. The summed E-state index contributed by atoms with van der Waals surface area (Å²) in [7, 11) is 0. The summed E-state index contributed by atoms with van der Waals surface area (Å²) in [4.78, 5) is 26.1. The second-order valence-corrected chi connectivity index (χ2v) is 8.46. The number of carbonyl (C=O) groups is 2. The molecule has 3 rings (SSSR count). The summed E-state index contributed by atoms with van der Waals surface area (Å²) in [6.45, 7) is 8.60. The van der Waals surface area contributed by atoms with Crippen LogP contribution in [0.25, 0.3) is 6.08 Å². The van der Waals surface area contributed by atoms with Crippen molar-refractivity contribution in [2.75, 3.05) is 13.2 Å². The second-order valence-electron chi connectivity index (χ2n) is 6.61. The highest BCUT2D eigenvalue weighted by Crippen LogP contribution is 2.38. The number of hydrogen-bond donors (Lipinski definition) is 0. The molecule has 0 bridgehead atoms. The van der Waals surface area contributed by atoms with E-state index >= 15 is 0 Å². The van der Waals surface area contributed by atoms with Gasteiger partial charge in [-0.1, -0.05) is 51.8 Å². The molecule has 1 aliphatic heterocycles. The zero-order valence-electron chi connectivity index (χ0n) is 16.8. The van der Waals surface area contributed by atoms with Gasteiger partial charge in [0.2, 0.25) is 0 Å². The molecule has 7 heteroatoms. The second kappa shape index (κ2) is 10.00. The molecule has 2 aromatic rings. The summed E-state index contributed by atoms with van der Waals surface area (Å²) < 4.78 is 12.5. The van der Waals surface area contributed by atoms with Gasteiger partial charge in [0.05, 0.1) is 11.5 Å². The van der Waals surface area contributed by atoms with Gasteiger partial charge in [0.1, 0.15) is 6.61 Å². The van der Waals surface area contributed by atoms with Crippen molar-refractivity contribution in [3.05, 3.63) is 75.1 Å². The van der Waals surface area contributed by atoms with E-state index in [-0.39, 0.29) is 17.7 Å². The van der Waals surface area contributed by atoms with Gasteiger partial charge in [0, 0.05) is 11.0 Å². The van der Waals surface area contributed by atoms with Gasteiger partial charge in [-0.2, -0.15) is 0 Å². The molecule has 5 nitrogen and oxygen atoms in total. The van der Waals surface area contributed by atoms with Crippen LogP contribution in [-0.4, -0.2) is 29.2 Å². The van der Waals surface area contributed by atoms with Gasteiger partial charge in [-0.15, -0.1) is 6.58 Å². The highest BCUT2D eigenvalue weighted by atomic mass is 79.9. The van der Waals surface area contributed by atoms with E-state index in [1.807, 2.05) is 44.2 Å². The molecule has 0 saturated carbocycles. The molecule has 1 heterocycles. The first-order valence-electron chi connectivity index (χ1n) is 9.44. The average Bonchev–Trinajstić information content (AvgIpc) is 2.98. The van der Waals surface area contributed by atoms with Gasteiger partial charge >= 0.3 is 0 Å². The first kappa shape index (κ1) is 22.2. The molecule has 156 valence electrons. The molecule has 1 fully saturated rings. The predicted molar refractivity (Wildman–Crippen MR) is 124 cm³/mol. The lowest BCUT2D eigenvalue weighted by molar-refractivity contribution is -0.122. The van der Waals surface area contributed by atoms with E-state index in [0.29, 0.717) is 29.6 Å². The van der Waals surface area contributed by atoms with Crippen LogP contribution in [0.2, 0.25) is 0 Å². The fourth-order valence-electron chi connectivity index (χ4n) is 2.82. The van der Waals surface area contributed by atoms with E-state index in [1.54, 1.807) is 12.1 Å². The summed E-state index contributed by atoms with van der Waals surface area (Å²) >= 11 is 4.46. The quantitative estimate of drug-likeness (QED) is 0.339. The number of amides is 2. The van der Waals surface area contributed by atoms with Gasteiger partial charge in [0.15, 0.2) is 11.5 Å². The van der Waals surface area contributed by atoms with Crippen LogP contribution in [0.15, 0.2) is 58.4 Å². The third-order valence-electron chi connectivity index (χ3n) is 4.35. The molecule has 1 aliphatic rings. The highest BCUT2D eigenvalue weighted by Gasteiger charge is 2.34. The Bertz CT molecular complexity index is 1000. The minimum absolute atomic E-state index is 0.194. The number of thioether (sulfide) groups is 1. The summed E-state index contributed by atoms with van der Waals surface area (Å²) in [5, 5.41) is -0.301. The molecule has 0 aromatic heterocycles. The summed E-state index contributed by atoms with van der Waals surface area (Å²) in [5.41, 5.74) is 2.97. The predicted octanol–water partition coefficient (Wildman–Crippen LogP) is 5.96. The Labute approximate surface area is 188 Å². The number of aryl methyl sites for hydroxylation is 1. The zero-order chi connectivity index (χ0) is 21.7. The smallest absolute Gasteiger partial charge is 0.293 e. The molecule has 0 atom stereocenters. The maximum Gasteiger partial charge on any atom is 0.293 e. The Morgan fingerprint density at radius 1 is 1.13 bits per heavy atom. The maximum absolute atomic E-state index is 12.5. The topological polar surface area (TPSA) is 55.8 Å². The Balaban J connectivity index is 1.85. The SMILES string of the molecule is C=CCN1C(=O)S/C(=C/c2cc(OCC)c(OCc3ccc(C)cc3)cc2Br)C1=O. The van der Waals surface area contributed by atoms with E-state index in [1.165, 1.54) is 16.5 Å². The van der Waals surface area contributed by atoms with Crippen molar-refractivity contribution >= 4 is 44.9 Å². The summed E-state index contributed by atoms with van der Waals surface area (Å²) in [5.74, 6) is 0.847. The number of imide groups is 1. The van der Waals surface area contributed by atoms with E-state index in [2.05, 4.69) is 22.5 Å². The fourth-order valence-corrected chi connectivity index (χ4v) is 4.09. The third kappa shape index (κ3) is 5.15. The molecule has 2 amide bonds. The number of nitrogens with zero attached hydrogens (tertiary/aromatic N) is 1. The first-order chi connectivity index (χ1) is 14.4. The number of ether oxygens (including phenoxy) is 2. The lowest BCUT2D eigenvalue weighted by Crippen LogP contribution is -2.27. The van der Waals surface area contributed by atoms with Crippen LogP contribution in [0.1, 0.15) is 23.6 Å². The summed E-state index contributed by atoms with van der Waals surface area (Å²) in [6, 6.07) is 11.8. The number of hydrogen-bond acceptors (Lipinski definition) is 5. The lowest BCUT2D eigenvalue weighted by Gasteiger charge is -2.14. The summed E-state index contributed by atoms with van der Waals surface area (Å²) in [6.07, 6.45) is 3.22. The van der Waals surface area contributed by atoms with Gasteiger partial charge in [-0.05, 0) is 54.9 Å². The van der Waals surface area contributed by atoms with E-state index in [0.717, 1.165) is 27.4 Å². The number of benzene rings is 2. The molecule has 1 saturated heterocycles. The van der Waals surface area contributed by atoms with Crippen molar-refractivity contribution in [2.45, 2.75) is 20.5 Å². The van der Waals surface area contributed by atoms with E-state index < -0.39 is 0 Å². The number of halogens is 1. The van der Waals surface area contributed by atoms with Crippen LogP contribution in [0.4, 0.5) is 4.79 Å². The average molecular weight is 488 g/mol. The first-order valence-corrected chi connectivity index (χ1v) is 11.0.